The lowest BCUT2D eigenvalue weighted by Crippen LogP contribution is -2.42. The zero-order chi connectivity index (χ0) is 8.81. The molecule has 0 saturated heterocycles. The molecule has 0 radical (unpaired) electrons. The van der Waals surface area contributed by atoms with E-state index in [1.165, 1.54) is 19.3 Å². The zero-order valence-corrected chi connectivity index (χ0v) is 7.33. The smallest absolute Gasteiger partial charge is 0.139 e. The van der Waals surface area contributed by atoms with Crippen molar-refractivity contribution in [2.45, 2.75) is 44.2 Å². The summed E-state index contributed by atoms with van der Waals surface area (Å²) < 4.78 is 0. The van der Waals surface area contributed by atoms with Gasteiger partial charge < -0.3 is 15.2 Å². The van der Waals surface area contributed by atoms with Crippen LogP contribution >= 0.6 is 0 Å². The van der Waals surface area contributed by atoms with Crippen molar-refractivity contribution in [3.8, 4) is 0 Å². The molecule has 12 heavy (non-hydrogen) atoms. The summed E-state index contributed by atoms with van der Waals surface area (Å²) in [5.74, 6) is 0. The van der Waals surface area contributed by atoms with Crippen molar-refractivity contribution in [2.24, 2.45) is 0 Å². The summed E-state index contributed by atoms with van der Waals surface area (Å²) in [6.45, 7) is -0.0833. The highest BCUT2D eigenvalue weighted by molar-refractivity contribution is 5.57. The molecule has 0 amide bonds. The third-order valence-corrected chi connectivity index (χ3v) is 2.42. The van der Waals surface area contributed by atoms with E-state index in [1.54, 1.807) is 0 Å². The Kier molecular flexibility index (Phi) is 4.25. The van der Waals surface area contributed by atoms with Crippen molar-refractivity contribution in [1.29, 1.82) is 0 Å². The van der Waals surface area contributed by atoms with E-state index in [2.05, 4.69) is 5.32 Å². The Labute approximate surface area is 73.2 Å². The summed E-state index contributed by atoms with van der Waals surface area (Å²) in [6, 6.07) is 0.0919. The molecule has 0 heterocycles. The molecular weight excluding hydrogens is 154 g/mol. The highest BCUT2D eigenvalue weighted by Gasteiger charge is 2.16. The lowest BCUT2D eigenvalue weighted by Gasteiger charge is -2.24. The molecule has 0 aromatic heterocycles. The Hall–Kier alpha value is -0.410. The highest BCUT2D eigenvalue weighted by Crippen LogP contribution is 2.17. The third kappa shape index (κ3) is 2.91. The first-order chi connectivity index (χ1) is 5.86. The molecule has 0 bridgehead atoms. The molecule has 0 spiro atoms. The molecule has 3 heteroatoms. The van der Waals surface area contributed by atoms with E-state index in [-0.39, 0.29) is 12.6 Å². The van der Waals surface area contributed by atoms with Gasteiger partial charge in [0.25, 0.3) is 0 Å². The summed E-state index contributed by atoms with van der Waals surface area (Å²) >= 11 is 0. The van der Waals surface area contributed by atoms with Gasteiger partial charge in [0, 0.05) is 6.04 Å². The van der Waals surface area contributed by atoms with E-state index in [4.69, 9.17) is 5.11 Å². The van der Waals surface area contributed by atoms with E-state index in [9.17, 15) is 4.79 Å². The van der Waals surface area contributed by atoms with Gasteiger partial charge in [0.2, 0.25) is 0 Å². The minimum absolute atomic E-state index is 0.0833. The highest BCUT2D eigenvalue weighted by atomic mass is 16.3. The Balaban J connectivity index is 2.22. The summed E-state index contributed by atoms with van der Waals surface area (Å²) in [5, 5.41) is 11.9. The summed E-state index contributed by atoms with van der Waals surface area (Å²) in [6.07, 6.45) is 6.87. The van der Waals surface area contributed by atoms with Gasteiger partial charge in [-0.25, -0.2) is 0 Å². The Bertz CT molecular complexity index is 132. The topological polar surface area (TPSA) is 49.3 Å². The quantitative estimate of drug-likeness (QED) is 0.604. The fourth-order valence-corrected chi connectivity index (χ4v) is 1.71. The van der Waals surface area contributed by atoms with Crippen LogP contribution in [0.2, 0.25) is 0 Å². The van der Waals surface area contributed by atoms with Crippen molar-refractivity contribution in [3.05, 3.63) is 0 Å². The summed E-state index contributed by atoms with van der Waals surface area (Å²) in [4.78, 5) is 10.4. The SMILES string of the molecule is O=CC(CO)NC1CCCCC1. The first kappa shape index (κ1) is 9.68. The van der Waals surface area contributed by atoms with Crippen LogP contribution < -0.4 is 5.32 Å². The Morgan fingerprint density at radius 3 is 2.58 bits per heavy atom. The van der Waals surface area contributed by atoms with Crippen LogP contribution in [0, 0.1) is 0 Å². The maximum absolute atomic E-state index is 10.4. The average Bonchev–Trinajstić information content (AvgIpc) is 2.16. The lowest BCUT2D eigenvalue weighted by atomic mass is 9.95. The van der Waals surface area contributed by atoms with Crippen molar-refractivity contribution in [3.63, 3.8) is 0 Å². The van der Waals surface area contributed by atoms with E-state index in [0.717, 1.165) is 19.1 Å². The molecule has 1 fully saturated rings. The lowest BCUT2D eigenvalue weighted by molar-refractivity contribution is -0.110. The number of carbonyl (C=O) groups excluding carboxylic acids is 1. The standard InChI is InChI=1S/C9H17NO2/c11-6-9(7-12)10-8-4-2-1-3-5-8/h6,8-10,12H,1-5,7H2. The second-order valence-electron chi connectivity index (χ2n) is 3.43. The number of hydrogen-bond donors (Lipinski definition) is 2. The predicted molar refractivity (Wildman–Crippen MR) is 46.9 cm³/mol. The van der Waals surface area contributed by atoms with E-state index in [0.29, 0.717) is 6.04 Å². The van der Waals surface area contributed by atoms with E-state index < -0.39 is 0 Å². The molecule has 1 aliphatic carbocycles. The first-order valence-electron chi connectivity index (χ1n) is 4.69. The van der Waals surface area contributed by atoms with E-state index in [1.807, 2.05) is 0 Å². The number of aldehydes is 1. The van der Waals surface area contributed by atoms with Crippen molar-refractivity contribution < 1.29 is 9.90 Å². The molecule has 1 atom stereocenters. The van der Waals surface area contributed by atoms with Gasteiger partial charge in [-0.1, -0.05) is 19.3 Å². The molecule has 70 valence electrons. The number of hydrogen-bond acceptors (Lipinski definition) is 3. The van der Waals surface area contributed by atoms with Crippen LogP contribution in [-0.4, -0.2) is 30.1 Å². The number of rotatable bonds is 4. The van der Waals surface area contributed by atoms with Crippen LogP contribution in [0.5, 0.6) is 0 Å². The average molecular weight is 171 g/mol. The molecule has 1 unspecified atom stereocenters. The maximum atomic E-state index is 10.4. The molecule has 1 rings (SSSR count). The maximum Gasteiger partial charge on any atom is 0.139 e. The van der Waals surface area contributed by atoms with Crippen LogP contribution in [0.4, 0.5) is 0 Å². The normalized spacial score (nSPS) is 22.1. The van der Waals surface area contributed by atoms with Gasteiger partial charge in [-0.2, -0.15) is 0 Å². The van der Waals surface area contributed by atoms with Crippen LogP contribution in [0.25, 0.3) is 0 Å². The van der Waals surface area contributed by atoms with E-state index >= 15 is 0 Å². The molecule has 3 nitrogen and oxygen atoms in total. The number of nitrogens with one attached hydrogen (secondary N) is 1. The Morgan fingerprint density at radius 1 is 1.42 bits per heavy atom. The van der Waals surface area contributed by atoms with Gasteiger partial charge in [-0.3, -0.25) is 0 Å². The van der Waals surface area contributed by atoms with Crippen LogP contribution in [0.1, 0.15) is 32.1 Å². The minimum atomic E-state index is -0.354. The van der Waals surface area contributed by atoms with Crippen LogP contribution in [-0.2, 0) is 4.79 Å². The fraction of sp³-hybridized carbons (Fsp3) is 0.889. The van der Waals surface area contributed by atoms with Gasteiger partial charge in [-0.05, 0) is 12.8 Å². The van der Waals surface area contributed by atoms with Crippen LogP contribution in [0.3, 0.4) is 0 Å². The number of carbonyl (C=O) groups is 1. The molecule has 2 N–H and O–H groups in total. The largest absolute Gasteiger partial charge is 0.394 e. The second-order valence-corrected chi connectivity index (χ2v) is 3.43. The zero-order valence-electron chi connectivity index (χ0n) is 7.33. The monoisotopic (exact) mass is 171 g/mol. The first-order valence-corrected chi connectivity index (χ1v) is 4.69. The molecule has 0 aliphatic heterocycles. The number of aliphatic hydroxyl groups is 1. The van der Waals surface area contributed by atoms with Crippen LogP contribution in [0.15, 0.2) is 0 Å². The fourth-order valence-electron chi connectivity index (χ4n) is 1.71. The summed E-state index contributed by atoms with van der Waals surface area (Å²) in [5.41, 5.74) is 0. The molecule has 0 aromatic carbocycles. The number of aliphatic hydroxyl groups excluding tert-OH is 1. The third-order valence-electron chi connectivity index (χ3n) is 2.42. The molecule has 1 saturated carbocycles. The van der Waals surface area contributed by atoms with Gasteiger partial charge in [0.15, 0.2) is 0 Å². The van der Waals surface area contributed by atoms with Crippen molar-refractivity contribution in [2.75, 3.05) is 6.61 Å². The van der Waals surface area contributed by atoms with Crippen molar-refractivity contribution in [1.82, 2.24) is 5.32 Å². The van der Waals surface area contributed by atoms with Gasteiger partial charge in [-0.15, -0.1) is 0 Å². The molecule has 0 aromatic rings. The minimum Gasteiger partial charge on any atom is -0.394 e. The van der Waals surface area contributed by atoms with Crippen molar-refractivity contribution >= 4 is 6.29 Å². The Morgan fingerprint density at radius 2 is 2.08 bits per heavy atom. The molecular formula is C9H17NO2. The van der Waals surface area contributed by atoms with Gasteiger partial charge >= 0.3 is 0 Å². The molecule has 1 aliphatic rings. The predicted octanol–water partition coefficient (Wildman–Crippen LogP) is 0.468. The van der Waals surface area contributed by atoms with Gasteiger partial charge in [0.05, 0.1) is 12.6 Å². The summed E-state index contributed by atoms with van der Waals surface area (Å²) in [7, 11) is 0. The second kappa shape index (κ2) is 5.27. The van der Waals surface area contributed by atoms with Gasteiger partial charge in [0.1, 0.15) is 6.29 Å².